The summed E-state index contributed by atoms with van der Waals surface area (Å²) in [7, 11) is 1.95. The Bertz CT molecular complexity index is 233. The molecule has 3 nitrogen and oxygen atoms in total. The van der Waals surface area contributed by atoms with Gasteiger partial charge in [0.25, 0.3) is 0 Å². The van der Waals surface area contributed by atoms with Crippen molar-refractivity contribution in [1.82, 2.24) is 10.2 Å². The molecule has 0 aromatic carbocycles. The van der Waals surface area contributed by atoms with Crippen molar-refractivity contribution in [2.75, 3.05) is 25.9 Å². The molecule has 1 aliphatic rings. The van der Waals surface area contributed by atoms with E-state index in [2.05, 4.69) is 26.1 Å². The Kier molecular flexibility index (Phi) is 8.25. The molecule has 1 saturated heterocycles. The van der Waals surface area contributed by atoms with Crippen molar-refractivity contribution in [1.29, 1.82) is 0 Å². The standard InChI is InChI=1S/C12H24N2OS.ClH/c1-5-16-11(9(2)3)12(15)14(4)10-6-7-13-8-10;/h9-11,13H,5-8H2,1-4H3;1H. The molecule has 0 radical (unpaired) electrons. The van der Waals surface area contributed by atoms with Crippen LogP contribution in [-0.2, 0) is 4.79 Å². The van der Waals surface area contributed by atoms with Gasteiger partial charge in [0.2, 0.25) is 5.91 Å². The topological polar surface area (TPSA) is 32.3 Å². The lowest BCUT2D eigenvalue weighted by Crippen LogP contribution is -2.44. The summed E-state index contributed by atoms with van der Waals surface area (Å²) < 4.78 is 0. The summed E-state index contributed by atoms with van der Waals surface area (Å²) in [5, 5.41) is 3.43. The summed E-state index contributed by atoms with van der Waals surface area (Å²) in [5.41, 5.74) is 0. The van der Waals surface area contributed by atoms with Crippen LogP contribution in [0.25, 0.3) is 0 Å². The van der Waals surface area contributed by atoms with E-state index in [0.29, 0.717) is 17.9 Å². The van der Waals surface area contributed by atoms with Gasteiger partial charge in [-0.1, -0.05) is 20.8 Å². The predicted octanol–water partition coefficient (Wildman–Crippen LogP) is 2.01. The molecule has 17 heavy (non-hydrogen) atoms. The number of halogens is 1. The maximum Gasteiger partial charge on any atom is 0.235 e. The molecule has 0 aliphatic carbocycles. The maximum absolute atomic E-state index is 12.3. The van der Waals surface area contributed by atoms with Gasteiger partial charge in [0.05, 0.1) is 5.25 Å². The number of carbonyl (C=O) groups excluding carboxylic acids is 1. The van der Waals surface area contributed by atoms with Gasteiger partial charge in [-0.15, -0.1) is 24.2 Å². The molecule has 1 amide bonds. The van der Waals surface area contributed by atoms with Crippen LogP contribution in [0.4, 0.5) is 0 Å². The lowest BCUT2D eigenvalue weighted by atomic mass is 10.1. The molecule has 1 heterocycles. The van der Waals surface area contributed by atoms with E-state index < -0.39 is 0 Å². The molecule has 2 atom stereocenters. The third kappa shape index (κ3) is 4.68. The van der Waals surface area contributed by atoms with Crippen molar-refractivity contribution < 1.29 is 4.79 Å². The van der Waals surface area contributed by atoms with E-state index >= 15 is 0 Å². The Labute approximate surface area is 115 Å². The monoisotopic (exact) mass is 280 g/mol. The number of amides is 1. The zero-order valence-corrected chi connectivity index (χ0v) is 12.9. The van der Waals surface area contributed by atoms with E-state index in [0.717, 1.165) is 25.3 Å². The van der Waals surface area contributed by atoms with Crippen LogP contribution >= 0.6 is 24.2 Å². The van der Waals surface area contributed by atoms with Crippen molar-refractivity contribution in [3.63, 3.8) is 0 Å². The minimum Gasteiger partial charge on any atom is -0.340 e. The highest BCUT2D eigenvalue weighted by molar-refractivity contribution is 8.00. The smallest absolute Gasteiger partial charge is 0.235 e. The van der Waals surface area contributed by atoms with Gasteiger partial charge in [-0.05, 0) is 24.6 Å². The molecule has 1 aliphatic heterocycles. The highest BCUT2D eigenvalue weighted by atomic mass is 35.5. The molecular formula is C12H25ClN2OS. The van der Waals surface area contributed by atoms with E-state index in [4.69, 9.17) is 0 Å². The second-order valence-electron chi connectivity index (χ2n) is 4.72. The largest absolute Gasteiger partial charge is 0.340 e. The first kappa shape index (κ1) is 17.1. The molecule has 5 heteroatoms. The molecule has 2 unspecified atom stereocenters. The molecule has 1 N–H and O–H groups in total. The fourth-order valence-corrected chi connectivity index (χ4v) is 3.13. The van der Waals surface area contributed by atoms with Crippen LogP contribution in [0, 0.1) is 5.92 Å². The molecule has 0 aromatic heterocycles. The zero-order chi connectivity index (χ0) is 12.1. The van der Waals surface area contributed by atoms with Crippen LogP contribution in [-0.4, -0.2) is 48.0 Å². The molecule has 102 valence electrons. The van der Waals surface area contributed by atoms with Crippen molar-refractivity contribution in [2.45, 2.75) is 38.5 Å². The predicted molar refractivity (Wildman–Crippen MR) is 78.1 cm³/mol. The van der Waals surface area contributed by atoms with Crippen LogP contribution in [0.15, 0.2) is 0 Å². The van der Waals surface area contributed by atoms with Crippen LogP contribution < -0.4 is 5.32 Å². The summed E-state index contributed by atoms with van der Waals surface area (Å²) >= 11 is 1.77. The lowest BCUT2D eigenvalue weighted by Gasteiger charge is -2.29. The summed E-state index contributed by atoms with van der Waals surface area (Å²) in [4.78, 5) is 14.3. The van der Waals surface area contributed by atoms with Gasteiger partial charge >= 0.3 is 0 Å². The van der Waals surface area contributed by atoms with Gasteiger partial charge in [0.1, 0.15) is 0 Å². The van der Waals surface area contributed by atoms with Gasteiger partial charge in [0, 0.05) is 19.6 Å². The van der Waals surface area contributed by atoms with Crippen molar-refractivity contribution in [2.24, 2.45) is 5.92 Å². The third-order valence-corrected chi connectivity index (χ3v) is 4.56. The van der Waals surface area contributed by atoms with Crippen LogP contribution in [0.3, 0.4) is 0 Å². The number of carbonyl (C=O) groups is 1. The number of thioether (sulfide) groups is 1. The number of nitrogens with one attached hydrogen (secondary N) is 1. The van der Waals surface area contributed by atoms with Crippen molar-refractivity contribution >= 4 is 30.1 Å². The van der Waals surface area contributed by atoms with E-state index in [9.17, 15) is 4.79 Å². The molecule has 0 aromatic rings. The molecule has 1 rings (SSSR count). The Balaban J connectivity index is 0.00000256. The Morgan fingerprint density at radius 3 is 2.59 bits per heavy atom. The number of hydrogen-bond donors (Lipinski definition) is 1. The molecule has 1 fully saturated rings. The molecular weight excluding hydrogens is 256 g/mol. The van der Waals surface area contributed by atoms with Gasteiger partial charge in [-0.3, -0.25) is 4.79 Å². The summed E-state index contributed by atoms with van der Waals surface area (Å²) in [6.45, 7) is 8.36. The molecule has 0 spiro atoms. The van der Waals surface area contributed by atoms with E-state index in [-0.39, 0.29) is 17.7 Å². The highest BCUT2D eigenvalue weighted by Crippen LogP contribution is 2.22. The summed E-state index contributed by atoms with van der Waals surface area (Å²) in [6, 6.07) is 0.395. The highest BCUT2D eigenvalue weighted by Gasteiger charge is 2.30. The average Bonchev–Trinajstić information content (AvgIpc) is 2.76. The third-order valence-electron chi connectivity index (χ3n) is 3.12. The second-order valence-corrected chi connectivity index (χ2v) is 6.13. The quantitative estimate of drug-likeness (QED) is 0.836. The van der Waals surface area contributed by atoms with Gasteiger partial charge in [0.15, 0.2) is 0 Å². The van der Waals surface area contributed by atoms with E-state index in [1.165, 1.54) is 0 Å². The van der Waals surface area contributed by atoms with Crippen LogP contribution in [0.5, 0.6) is 0 Å². The Hall–Kier alpha value is 0.0700. The number of hydrogen-bond acceptors (Lipinski definition) is 3. The fourth-order valence-electron chi connectivity index (χ4n) is 2.08. The van der Waals surface area contributed by atoms with Crippen molar-refractivity contribution in [3.8, 4) is 0 Å². The summed E-state index contributed by atoms with van der Waals surface area (Å²) in [5.74, 6) is 1.72. The number of nitrogens with zero attached hydrogens (tertiary/aromatic N) is 1. The number of rotatable bonds is 5. The second kappa shape index (κ2) is 8.22. The SMILES string of the molecule is CCSC(C(=O)N(C)C1CCNC1)C(C)C.Cl. The van der Waals surface area contributed by atoms with Crippen LogP contribution in [0.2, 0.25) is 0 Å². The van der Waals surface area contributed by atoms with Gasteiger partial charge in [-0.2, -0.15) is 0 Å². The van der Waals surface area contributed by atoms with Crippen LogP contribution in [0.1, 0.15) is 27.2 Å². The zero-order valence-electron chi connectivity index (χ0n) is 11.2. The summed E-state index contributed by atoms with van der Waals surface area (Å²) in [6.07, 6.45) is 1.09. The maximum atomic E-state index is 12.3. The van der Waals surface area contributed by atoms with E-state index in [1.54, 1.807) is 11.8 Å². The first-order valence-electron chi connectivity index (χ1n) is 6.16. The minimum absolute atomic E-state index is 0. The minimum atomic E-state index is 0. The van der Waals surface area contributed by atoms with Gasteiger partial charge in [-0.25, -0.2) is 0 Å². The molecule has 0 saturated carbocycles. The van der Waals surface area contributed by atoms with E-state index in [1.807, 2.05) is 11.9 Å². The fraction of sp³-hybridized carbons (Fsp3) is 0.917. The Morgan fingerprint density at radius 1 is 1.53 bits per heavy atom. The van der Waals surface area contributed by atoms with Gasteiger partial charge < -0.3 is 10.2 Å². The normalized spacial score (nSPS) is 21.1. The molecule has 0 bridgehead atoms. The van der Waals surface area contributed by atoms with Crippen molar-refractivity contribution in [3.05, 3.63) is 0 Å². The first-order valence-corrected chi connectivity index (χ1v) is 7.21. The first-order chi connectivity index (χ1) is 7.57. The Morgan fingerprint density at radius 2 is 2.18 bits per heavy atom. The lowest BCUT2D eigenvalue weighted by molar-refractivity contribution is -0.131. The number of likely N-dealkylation sites (N-methyl/N-ethyl adjacent to an activating group) is 1. The average molecular weight is 281 g/mol.